The van der Waals surface area contributed by atoms with Crippen molar-refractivity contribution in [1.29, 1.82) is 0 Å². The summed E-state index contributed by atoms with van der Waals surface area (Å²) in [5.41, 5.74) is 3.39. The Morgan fingerprint density at radius 1 is 1.19 bits per heavy atom. The van der Waals surface area contributed by atoms with E-state index in [-0.39, 0.29) is 5.60 Å². The van der Waals surface area contributed by atoms with E-state index >= 15 is 0 Å². The Bertz CT molecular complexity index is 500. The van der Waals surface area contributed by atoms with E-state index in [9.17, 15) is 0 Å². The first kappa shape index (κ1) is 15.1. The molecule has 21 heavy (non-hydrogen) atoms. The topological polar surface area (TPSA) is 12.5 Å². The van der Waals surface area contributed by atoms with Gasteiger partial charge in [0.25, 0.3) is 0 Å². The lowest BCUT2D eigenvalue weighted by atomic mass is 9.72. The zero-order valence-corrected chi connectivity index (χ0v) is 14.1. The Hall–Kier alpha value is -0.820. The van der Waals surface area contributed by atoms with Gasteiger partial charge in [-0.1, -0.05) is 42.9 Å². The smallest absolute Gasteiger partial charge is 0.0920 e. The first-order chi connectivity index (χ1) is 9.84. The number of hydrogen-bond donors (Lipinski definition) is 0. The van der Waals surface area contributed by atoms with Crippen LogP contribution < -0.4 is 0 Å². The molecule has 0 aromatic heterocycles. The van der Waals surface area contributed by atoms with Crippen molar-refractivity contribution in [2.24, 2.45) is 17.3 Å². The van der Waals surface area contributed by atoms with Crippen LogP contribution in [0.4, 0.5) is 0 Å². The van der Waals surface area contributed by atoms with Gasteiger partial charge in [0.05, 0.1) is 11.7 Å². The molecule has 5 atom stereocenters. The highest BCUT2D eigenvalue weighted by atomic mass is 16.6. The van der Waals surface area contributed by atoms with Crippen molar-refractivity contribution in [2.75, 3.05) is 0 Å². The van der Waals surface area contributed by atoms with Gasteiger partial charge in [-0.3, -0.25) is 0 Å². The van der Waals surface area contributed by atoms with Crippen molar-refractivity contribution in [3.8, 4) is 0 Å². The average molecular weight is 286 g/mol. The summed E-state index contributed by atoms with van der Waals surface area (Å²) in [6, 6.07) is 0. The van der Waals surface area contributed by atoms with E-state index in [4.69, 9.17) is 4.74 Å². The normalized spacial score (nSPS) is 46.1. The second kappa shape index (κ2) is 5.12. The van der Waals surface area contributed by atoms with Crippen LogP contribution in [0.5, 0.6) is 0 Å². The molecule has 1 aliphatic heterocycles. The zero-order chi connectivity index (χ0) is 15.3. The molecule has 116 valence electrons. The van der Waals surface area contributed by atoms with Crippen molar-refractivity contribution in [3.63, 3.8) is 0 Å². The summed E-state index contributed by atoms with van der Waals surface area (Å²) in [4.78, 5) is 0. The van der Waals surface area contributed by atoms with Crippen molar-refractivity contribution < 1.29 is 4.74 Å². The minimum Gasteiger partial charge on any atom is -0.366 e. The summed E-state index contributed by atoms with van der Waals surface area (Å²) in [6.07, 6.45) is 13.7. The molecule has 1 heterocycles. The second-order valence-corrected chi connectivity index (χ2v) is 8.18. The quantitative estimate of drug-likeness (QED) is 0.497. The van der Waals surface area contributed by atoms with Gasteiger partial charge in [-0.2, -0.15) is 0 Å². The molecule has 3 aliphatic rings. The highest BCUT2D eigenvalue weighted by Crippen LogP contribution is 2.61. The maximum atomic E-state index is 5.97. The van der Waals surface area contributed by atoms with Gasteiger partial charge in [-0.15, -0.1) is 0 Å². The van der Waals surface area contributed by atoms with Crippen LogP contribution in [0.3, 0.4) is 0 Å². The standard InChI is InChI=1S/C20H30O/c1-14(2)7-6-8-15(3)16-9-11-19(4)13-18-20(5,21-18)12-10-17(16)19/h6-8,16-18H,1,9-13H2,2-5H3/b7-6+,15-8+/t16-,17-,18-,19+,20+/m0/s1. The molecule has 0 unspecified atom stereocenters. The molecule has 0 aromatic carbocycles. The highest BCUT2D eigenvalue weighted by Gasteiger charge is 2.60. The van der Waals surface area contributed by atoms with E-state index in [1.165, 1.54) is 32.1 Å². The number of rotatable bonds is 3. The Kier molecular flexibility index (Phi) is 3.68. The lowest BCUT2D eigenvalue weighted by Crippen LogP contribution is -2.26. The Morgan fingerprint density at radius 3 is 2.67 bits per heavy atom. The number of hydrogen-bond acceptors (Lipinski definition) is 1. The molecule has 0 radical (unpaired) electrons. The van der Waals surface area contributed by atoms with Gasteiger partial charge in [0.15, 0.2) is 0 Å². The summed E-state index contributed by atoms with van der Waals surface area (Å²) in [5.74, 6) is 1.62. The van der Waals surface area contributed by atoms with Crippen LogP contribution >= 0.6 is 0 Å². The average Bonchev–Trinajstić information content (AvgIpc) is 2.91. The maximum Gasteiger partial charge on any atom is 0.0920 e. The van der Waals surface area contributed by atoms with Gasteiger partial charge in [-0.25, -0.2) is 0 Å². The fourth-order valence-corrected chi connectivity index (χ4v) is 4.83. The van der Waals surface area contributed by atoms with Crippen LogP contribution in [-0.2, 0) is 4.74 Å². The van der Waals surface area contributed by atoms with Gasteiger partial charge in [0.1, 0.15) is 0 Å². The molecule has 1 saturated heterocycles. The Morgan fingerprint density at radius 2 is 1.95 bits per heavy atom. The van der Waals surface area contributed by atoms with E-state index in [1.54, 1.807) is 5.57 Å². The first-order valence-electron chi connectivity index (χ1n) is 8.52. The zero-order valence-electron chi connectivity index (χ0n) is 14.1. The molecule has 0 N–H and O–H groups in total. The first-order valence-corrected chi connectivity index (χ1v) is 8.52. The second-order valence-electron chi connectivity index (χ2n) is 8.18. The summed E-state index contributed by atoms with van der Waals surface area (Å²) in [6.45, 7) is 13.1. The molecule has 1 nitrogen and oxygen atoms in total. The number of fused-ring (bicyclic) bond motifs is 2. The maximum absolute atomic E-state index is 5.97. The predicted octanol–water partition coefficient (Wildman–Crippen LogP) is 5.44. The number of allylic oxidation sites excluding steroid dienone is 5. The summed E-state index contributed by atoms with van der Waals surface area (Å²) in [5, 5.41) is 0. The number of ether oxygens (including phenoxy) is 1. The van der Waals surface area contributed by atoms with Gasteiger partial charge < -0.3 is 4.74 Å². The fraction of sp³-hybridized carbons (Fsp3) is 0.700. The minimum absolute atomic E-state index is 0.218. The van der Waals surface area contributed by atoms with E-state index in [1.807, 2.05) is 6.92 Å². The third-order valence-electron chi connectivity index (χ3n) is 6.37. The lowest BCUT2D eigenvalue weighted by molar-refractivity contribution is 0.141. The molecule has 3 fully saturated rings. The monoisotopic (exact) mass is 286 g/mol. The highest BCUT2D eigenvalue weighted by molar-refractivity contribution is 5.23. The van der Waals surface area contributed by atoms with E-state index in [2.05, 4.69) is 45.6 Å². The van der Waals surface area contributed by atoms with E-state index in [0.717, 1.165) is 17.4 Å². The lowest BCUT2D eigenvalue weighted by Gasteiger charge is -2.33. The van der Waals surface area contributed by atoms with E-state index < -0.39 is 0 Å². The van der Waals surface area contributed by atoms with Crippen LogP contribution in [-0.4, -0.2) is 11.7 Å². The molecule has 0 spiro atoms. The Balaban J connectivity index is 1.75. The van der Waals surface area contributed by atoms with Crippen molar-refractivity contribution in [2.45, 2.75) is 71.5 Å². The largest absolute Gasteiger partial charge is 0.366 e. The van der Waals surface area contributed by atoms with Crippen molar-refractivity contribution in [3.05, 3.63) is 36.0 Å². The summed E-state index contributed by atoms with van der Waals surface area (Å²) in [7, 11) is 0. The van der Waals surface area contributed by atoms with Crippen LogP contribution in [0, 0.1) is 17.3 Å². The number of epoxide rings is 1. The van der Waals surface area contributed by atoms with Crippen molar-refractivity contribution >= 4 is 0 Å². The molecule has 0 bridgehead atoms. The van der Waals surface area contributed by atoms with Gasteiger partial charge >= 0.3 is 0 Å². The van der Waals surface area contributed by atoms with Crippen molar-refractivity contribution in [1.82, 2.24) is 0 Å². The molecule has 2 aliphatic carbocycles. The van der Waals surface area contributed by atoms with Crippen LogP contribution in [0.2, 0.25) is 0 Å². The van der Waals surface area contributed by atoms with Gasteiger partial charge in [0, 0.05) is 0 Å². The third-order valence-corrected chi connectivity index (χ3v) is 6.37. The molecule has 2 saturated carbocycles. The molecule has 0 amide bonds. The molecular weight excluding hydrogens is 256 g/mol. The Labute approximate surface area is 130 Å². The molecule has 0 aromatic rings. The van der Waals surface area contributed by atoms with Crippen LogP contribution in [0.1, 0.15) is 59.8 Å². The SMILES string of the molecule is C=C(C)/C=C/C=C(\C)[C@@H]1CC[C@]2(C)C[C@@H]3O[C@]3(C)CC[C@@H]12. The van der Waals surface area contributed by atoms with Gasteiger partial charge in [0.2, 0.25) is 0 Å². The van der Waals surface area contributed by atoms with Gasteiger partial charge in [-0.05, 0) is 70.1 Å². The van der Waals surface area contributed by atoms with E-state index in [0.29, 0.717) is 11.5 Å². The molecule has 1 heteroatoms. The van der Waals surface area contributed by atoms with Crippen LogP contribution in [0.25, 0.3) is 0 Å². The summed E-state index contributed by atoms with van der Waals surface area (Å²) >= 11 is 0. The molecular formula is C20H30O. The minimum atomic E-state index is 0.218. The molecule has 3 rings (SSSR count). The summed E-state index contributed by atoms with van der Waals surface area (Å²) < 4.78 is 5.97. The predicted molar refractivity (Wildman–Crippen MR) is 89.2 cm³/mol. The van der Waals surface area contributed by atoms with Crippen LogP contribution in [0.15, 0.2) is 36.0 Å². The third kappa shape index (κ3) is 2.77. The fourth-order valence-electron chi connectivity index (χ4n) is 4.83.